The van der Waals surface area contributed by atoms with Gasteiger partial charge in [-0.05, 0) is 6.42 Å². The third-order valence-electron chi connectivity index (χ3n) is 1.91. The Bertz CT molecular complexity index is 126. The first-order valence-corrected chi connectivity index (χ1v) is 4.61. The number of nitroso groups, excluding NO2 is 1. The normalized spacial score (nSPS) is 12.4. The Morgan fingerprint density at radius 3 is 2.58 bits per heavy atom. The van der Waals surface area contributed by atoms with E-state index < -0.39 is 0 Å². The summed E-state index contributed by atoms with van der Waals surface area (Å²) < 4.78 is 0. The predicted molar refractivity (Wildman–Crippen MR) is 49.0 cm³/mol. The molecule has 3 heteroatoms. The Balaban J connectivity index is 3.31. The van der Waals surface area contributed by atoms with E-state index in [0.29, 0.717) is 0 Å². The molecule has 0 N–H and O–H groups in total. The molecular weight excluding hydrogens is 154 g/mol. The van der Waals surface area contributed by atoms with Crippen LogP contribution in [0.3, 0.4) is 0 Å². The summed E-state index contributed by atoms with van der Waals surface area (Å²) in [5, 5.41) is 2.89. The highest BCUT2D eigenvalue weighted by Gasteiger charge is 2.06. The van der Waals surface area contributed by atoms with Crippen LogP contribution >= 0.6 is 0 Å². The summed E-state index contributed by atoms with van der Waals surface area (Å²) in [5.41, 5.74) is 0. The van der Waals surface area contributed by atoms with E-state index in [4.69, 9.17) is 0 Å². The number of unbranched alkanes of at least 4 members (excludes halogenated alkanes) is 3. The maximum Gasteiger partial charge on any atom is 0.122 e. The van der Waals surface area contributed by atoms with Gasteiger partial charge in [0.1, 0.15) is 6.29 Å². The van der Waals surface area contributed by atoms with Crippen LogP contribution in [0.1, 0.15) is 45.4 Å². The van der Waals surface area contributed by atoms with Crippen molar-refractivity contribution in [2.45, 2.75) is 51.5 Å². The monoisotopic (exact) mass is 171 g/mol. The Kier molecular flexibility index (Phi) is 7.86. The number of carbonyl (C=O) groups excluding carboxylic acids is 1. The molecule has 70 valence electrons. The van der Waals surface area contributed by atoms with Gasteiger partial charge in [0.25, 0.3) is 0 Å². The van der Waals surface area contributed by atoms with Crippen LogP contribution in [0.5, 0.6) is 0 Å². The summed E-state index contributed by atoms with van der Waals surface area (Å²) in [7, 11) is 0. The molecule has 0 aliphatic heterocycles. The lowest BCUT2D eigenvalue weighted by molar-refractivity contribution is -0.108. The summed E-state index contributed by atoms with van der Waals surface area (Å²) in [6, 6.07) is -0.278. The number of carbonyl (C=O) groups is 1. The van der Waals surface area contributed by atoms with Crippen molar-refractivity contribution in [2.75, 3.05) is 0 Å². The molecule has 0 saturated carbocycles. The number of hydrogen-bond acceptors (Lipinski definition) is 3. The molecule has 0 aromatic heterocycles. The fourth-order valence-electron chi connectivity index (χ4n) is 1.13. The minimum Gasteiger partial charge on any atom is -0.303 e. The maximum absolute atomic E-state index is 10.1. The van der Waals surface area contributed by atoms with Crippen molar-refractivity contribution in [1.82, 2.24) is 0 Å². The smallest absolute Gasteiger partial charge is 0.122 e. The molecule has 1 unspecified atom stereocenters. The van der Waals surface area contributed by atoms with E-state index in [1.165, 1.54) is 12.8 Å². The minimum absolute atomic E-state index is 0.278. The molecule has 0 aromatic carbocycles. The Morgan fingerprint density at radius 2 is 2.08 bits per heavy atom. The van der Waals surface area contributed by atoms with Crippen molar-refractivity contribution >= 4 is 6.29 Å². The van der Waals surface area contributed by atoms with Gasteiger partial charge in [-0.15, -0.1) is 0 Å². The van der Waals surface area contributed by atoms with Crippen LogP contribution < -0.4 is 0 Å². The van der Waals surface area contributed by atoms with Crippen LogP contribution in [0.15, 0.2) is 5.18 Å². The second kappa shape index (κ2) is 8.37. The Morgan fingerprint density at radius 1 is 1.33 bits per heavy atom. The predicted octanol–water partition coefficient (Wildman–Crippen LogP) is 2.68. The first-order valence-electron chi connectivity index (χ1n) is 4.61. The molecule has 0 bridgehead atoms. The lowest BCUT2D eigenvalue weighted by atomic mass is 10.1. The van der Waals surface area contributed by atoms with E-state index >= 15 is 0 Å². The first kappa shape index (κ1) is 11.3. The van der Waals surface area contributed by atoms with Crippen LogP contribution in [0.4, 0.5) is 0 Å². The van der Waals surface area contributed by atoms with Gasteiger partial charge < -0.3 is 4.79 Å². The highest BCUT2D eigenvalue weighted by Crippen LogP contribution is 2.09. The van der Waals surface area contributed by atoms with Gasteiger partial charge in [0, 0.05) is 6.42 Å². The lowest BCUT2D eigenvalue weighted by Gasteiger charge is -2.03. The number of nitrogens with zero attached hydrogens (tertiary/aromatic N) is 1. The Labute approximate surface area is 73.5 Å². The van der Waals surface area contributed by atoms with Gasteiger partial charge in [-0.2, -0.15) is 4.91 Å². The Hall–Kier alpha value is -0.730. The van der Waals surface area contributed by atoms with Crippen molar-refractivity contribution < 1.29 is 4.79 Å². The summed E-state index contributed by atoms with van der Waals surface area (Å²) >= 11 is 0. The van der Waals surface area contributed by atoms with Crippen LogP contribution in [0.2, 0.25) is 0 Å². The highest BCUT2D eigenvalue weighted by molar-refractivity contribution is 5.50. The van der Waals surface area contributed by atoms with Crippen molar-refractivity contribution in [3.63, 3.8) is 0 Å². The molecule has 0 saturated heterocycles. The van der Waals surface area contributed by atoms with Gasteiger partial charge in [0.2, 0.25) is 0 Å². The summed E-state index contributed by atoms with van der Waals surface area (Å²) in [5.74, 6) is 0. The molecule has 0 fully saturated rings. The summed E-state index contributed by atoms with van der Waals surface area (Å²) in [6.07, 6.45) is 6.36. The van der Waals surface area contributed by atoms with Gasteiger partial charge in [0.05, 0.1) is 6.04 Å². The molecule has 0 spiro atoms. The molecule has 3 nitrogen and oxygen atoms in total. The molecule has 0 aliphatic carbocycles. The molecule has 0 aliphatic rings. The number of aldehydes is 1. The van der Waals surface area contributed by atoms with E-state index in [9.17, 15) is 9.70 Å². The molecular formula is C9H17NO2. The molecule has 0 heterocycles. The number of rotatable bonds is 8. The highest BCUT2D eigenvalue weighted by atomic mass is 16.3. The minimum atomic E-state index is -0.278. The summed E-state index contributed by atoms with van der Waals surface area (Å²) in [4.78, 5) is 20.2. The molecule has 12 heavy (non-hydrogen) atoms. The SMILES string of the molecule is CCCCCCC(CC=O)N=O. The lowest BCUT2D eigenvalue weighted by Crippen LogP contribution is -2.03. The topological polar surface area (TPSA) is 46.5 Å². The molecule has 0 radical (unpaired) electrons. The van der Waals surface area contributed by atoms with Crippen LogP contribution in [-0.2, 0) is 4.79 Å². The second-order valence-corrected chi connectivity index (χ2v) is 3.01. The van der Waals surface area contributed by atoms with E-state index in [2.05, 4.69) is 12.1 Å². The molecule has 1 atom stereocenters. The standard InChI is InChI=1S/C9H17NO2/c1-2-3-4-5-6-9(10-12)7-8-11/h8-9H,2-7H2,1H3. The van der Waals surface area contributed by atoms with Crippen LogP contribution in [0, 0.1) is 4.91 Å². The second-order valence-electron chi connectivity index (χ2n) is 3.01. The van der Waals surface area contributed by atoms with E-state index in [1.807, 2.05) is 0 Å². The zero-order valence-electron chi connectivity index (χ0n) is 7.66. The third-order valence-corrected chi connectivity index (χ3v) is 1.91. The van der Waals surface area contributed by atoms with Crippen molar-refractivity contribution in [3.05, 3.63) is 4.91 Å². The molecule has 0 aromatic rings. The number of hydrogen-bond donors (Lipinski definition) is 0. The fraction of sp³-hybridized carbons (Fsp3) is 0.889. The van der Waals surface area contributed by atoms with Crippen molar-refractivity contribution in [1.29, 1.82) is 0 Å². The van der Waals surface area contributed by atoms with Crippen LogP contribution in [-0.4, -0.2) is 12.3 Å². The van der Waals surface area contributed by atoms with Gasteiger partial charge in [-0.1, -0.05) is 37.8 Å². The van der Waals surface area contributed by atoms with E-state index in [0.717, 1.165) is 25.5 Å². The average Bonchev–Trinajstić information content (AvgIpc) is 2.10. The molecule has 0 rings (SSSR count). The largest absolute Gasteiger partial charge is 0.303 e. The van der Waals surface area contributed by atoms with E-state index in [1.54, 1.807) is 0 Å². The van der Waals surface area contributed by atoms with Gasteiger partial charge in [-0.3, -0.25) is 0 Å². The third kappa shape index (κ3) is 6.01. The summed E-state index contributed by atoms with van der Waals surface area (Å²) in [6.45, 7) is 2.14. The quantitative estimate of drug-likeness (QED) is 0.320. The van der Waals surface area contributed by atoms with E-state index in [-0.39, 0.29) is 12.5 Å². The average molecular weight is 171 g/mol. The first-order chi connectivity index (χ1) is 5.85. The van der Waals surface area contributed by atoms with Gasteiger partial charge in [-0.25, -0.2) is 0 Å². The van der Waals surface area contributed by atoms with Crippen LogP contribution in [0.25, 0.3) is 0 Å². The zero-order valence-corrected chi connectivity index (χ0v) is 7.66. The van der Waals surface area contributed by atoms with Gasteiger partial charge in [0.15, 0.2) is 0 Å². The van der Waals surface area contributed by atoms with Gasteiger partial charge >= 0.3 is 0 Å². The molecule has 0 amide bonds. The van der Waals surface area contributed by atoms with Crippen molar-refractivity contribution in [2.24, 2.45) is 5.18 Å². The van der Waals surface area contributed by atoms with Crippen molar-refractivity contribution in [3.8, 4) is 0 Å². The fourth-order valence-corrected chi connectivity index (χ4v) is 1.13. The maximum atomic E-state index is 10.1. The zero-order chi connectivity index (χ0) is 9.23.